The van der Waals surface area contributed by atoms with E-state index >= 15 is 0 Å². The quantitative estimate of drug-likeness (QED) is 0.751. The Labute approximate surface area is 160 Å². The van der Waals surface area contributed by atoms with Crippen molar-refractivity contribution < 1.29 is 19.0 Å². The van der Waals surface area contributed by atoms with E-state index in [2.05, 4.69) is 10.1 Å². The molecule has 0 saturated heterocycles. The third-order valence-electron chi connectivity index (χ3n) is 4.79. The number of hydrogen-bond donors (Lipinski definition) is 1. The number of rotatable bonds is 6. The summed E-state index contributed by atoms with van der Waals surface area (Å²) < 4.78 is 26.1. The van der Waals surface area contributed by atoms with Crippen LogP contribution >= 0.6 is 23.8 Å². The lowest BCUT2D eigenvalue weighted by Crippen LogP contribution is -2.40. The first-order chi connectivity index (χ1) is 12.3. The van der Waals surface area contributed by atoms with Crippen molar-refractivity contribution >= 4 is 29.1 Å². The molecule has 6 nitrogen and oxygen atoms in total. The molecule has 2 aromatic rings. The van der Waals surface area contributed by atoms with Crippen molar-refractivity contribution in [3.8, 4) is 6.01 Å². The zero-order chi connectivity index (χ0) is 18.9. The van der Waals surface area contributed by atoms with Gasteiger partial charge in [-0.25, -0.2) is 9.07 Å². The van der Waals surface area contributed by atoms with Crippen LogP contribution in [0.15, 0.2) is 24.5 Å². The van der Waals surface area contributed by atoms with Crippen LogP contribution in [0.1, 0.15) is 25.3 Å². The molecular weight excluding hydrogens is 381 g/mol. The number of hydrogen-bond acceptors (Lipinski definition) is 6. The van der Waals surface area contributed by atoms with E-state index < -0.39 is 11.4 Å². The van der Waals surface area contributed by atoms with Crippen molar-refractivity contribution in [1.29, 1.82) is 0 Å². The number of benzene rings is 1. The second kappa shape index (κ2) is 7.46. The summed E-state index contributed by atoms with van der Waals surface area (Å²) in [7, 11) is 1.37. The molecule has 1 aromatic carbocycles. The van der Waals surface area contributed by atoms with Gasteiger partial charge in [0, 0.05) is 22.8 Å². The van der Waals surface area contributed by atoms with Gasteiger partial charge in [-0.2, -0.15) is 10.1 Å². The van der Waals surface area contributed by atoms with Crippen molar-refractivity contribution in [2.24, 2.45) is 11.8 Å². The summed E-state index contributed by atoms with van der Waals surface area (Å²) in [5.74, 6) is -0.463. The molecule has 0 bridgehead atoms. The van der Waals surface area contributed by atoms with E-state index in [0.29, 0.717) is 5.92 Å². The second-order valence-corrected chi connectivity index (χ2v) is 7.20. The van der Waals surface area contributed by atoms with Crippen LogP contribution in [0.3, 0.4) is 0 Å². The third-order valence-corrected chi connectivity index (χ3v) is 5.28. The molecule has 26 heavy (non-hydrogen) atoms. The molecule has 1 fully saturated rings. The minimum Gasteiger partial charge on any atom is -0.460 e. The predicted octanol–water partition coefficient (Wildman–Crippen LogP) is 3.31. The Hall–Kier alpha value is -1.77. The highest BCUT2D eigenvalue weighted by Crippen LogP contribution is 2.47. The Bertz CT molecular complexity index is 814. The fourth-order valence-corrected chi connectivity index (χ4v) is 3.32. The van der Waals surface area contributed by atoms with Crippen LogP contribution in [0.2, 0.25) is 5.02 Å². The normalized spacial score (nSPS) is 17.4. The fourth-order valence-electron chi connectivity index (χ4n) is 3.09. The van der Waals surface area contributed by atoms with E-state index in [0.717, 1.165) is 12.8 Å². The summed E-state index contributed by atoms with van der Waals surface area (Å²) in [5, 5.41) is 15.7. The maximum absolute atomic E-state index is 14.6. The maximum Gasteiger partial charge on any atom is 0.360 e. The first-order valence-electron chi connectivity index (χ1n) is 8.16. The molecule has 0 radical (unpaired) electrons. The number of methoxy groups -OCH3 is 1. The Morgan fingerprint density at radius 3 is 2.88 bits per heavy atom. The summed E-state index contributed by atoms with van der Waals surface area (Å²) in [4.78, 5) is 3.97. The minimum absolute atomic E-state index is 0.0507. The molecule has 1 saturated carbocycles. The van der Waals surface area contributed by atoms with Crippen molar-refractivity contribution in [2.75, 3.05) is 7.11 Å². The Morgan fingerprint density at radius 2 is 2.27 bits per heavy atom. The average Bonchev–Trinajstić information content (AvgIpc) is 3.36. The van der Waals surface area contributed by atoms with Crippen LogP contribution in [-0.4, -0.2) is 32.2 Å². The molecule has 1 heterocycles. The van der Waals surface area contributed by atoms with Crippen LogP contribution in [0.5, 0.6) is 6.01 Å². The van der Waals surface area contributed by atoms with Crippen LogP contribution in [-0.2, 0) is 16.9 Å². The molecule has 1 unspecified atom stereocenters. The van der Waals surface area contributed by atoms with Crippen LogP contribution in [0.4, 0.5) is 4.39 Å². The SMILES string of the molecule is COC(=S)Oc1ncnn1C[C@@](O)(c1ccc(Cl)cc1F)C(C)C1CC1. The largest absolute Gasteiger partial charge is 0.460 e. The Kier molecular flexibility index (Phi) is 5.45. The molecule has 1 aliphatic rings. The summed E-state index contributed by atoms with van der Waals surface area (Å²) >= 11 is 10.7. The third kappa shape index (κ3) is 3.82. The summed E-state index contributed by atoms with van der Waals surface area (Å²) in [5.41, 5.74) is -1.35. The highest BCUT2D eigenvalue weighted by molar-refractivity contribution is 7.79. The van der Waals surface area contributed by atoms with Crippen LogP contribution in [0, 0.1) is 17.7 Å². The molecule has 0 aliphatic heterocycles. The van der Waals surface area contributed by atoms with Gasteiger partial charge in [0.2, 0.25) is 0 Å². The van der Waals surface area contributed by atoms with Gasteiger partial charge in [-0.15, -0.1) is 0 Å². The summed E-state index contributed by atoms with van der Waals surface area (Å²) in [6.07, 6.45) is 3.26. The summed E-state index contributed by atoms with van der Waals surface area (Å²) in [6.45, 7) is 1.86. The van der Waals surface area contributed by atoms with Gasteiger partial charge >= 0.3 is 11.2 Å². The maximum atomic E-state index is 14.6. The molecule has 1 aromatic heterocycles. The van der Waals surface area contributed by atoms with Crippen molar-refractivity contribution in [2.45, 2.75) is 31.9 Å². The number of thiocarbonyl (C=S) groups is 1. The van der Waals surface area contributed by atoms with Gasteiger partial charge in [0.25, 0.3) is 0 Å². The van der Waals surface area contributed by atoms with Gasteiger partial charge < -0.3 is 14.6 Å². The molecular formula is C17H19ClFN3O3S. The zero-order valence-corrected chi connectivity index (χ0v) is 15.9. The van der Waals surface area contributed by atoms with Gasteiger partial charge in [-0.3, -0.25) is 0 Å². The highest BCUT2D eigenvalue weighted by Gasteiger charge is 2.46. The lowest BCUT2D eigenvalue weighted by atomic mass is 9.79. The van der Waals surface area contributed by atoms with E-state index in [-0.39, 0.29) is 34.3 Å². The monoisotopic (exact) mass is 399 g/mol. The van der Waals surface area contributed by atoms with Gasteiger partial charge in [-0.05, 0) is 36.8 Å². The van der Waals surface area contributed by atoms with Gasteiger partial charge in [0.1, 0.15) is 17.7 Å². The fraction of sp³-hybridized carbons (Fsp3) is 0.471. The number of ether oxygens (including phenoxy) is 2. The number of nitrogens with zero attached hydrogens (tertiary/aromatic N) is 3. The van der Waals surface area contributed by atoms with Gasteiger partial charge in [0.05, 0.1) is 13.7 Å². The second-order valence-electron chi connectivity index (χ2n) is 6.43. The Morgan fingerprint density at radius 1 is 1.54 bits per heavy atom. The Balaban J connectivity index is 1.97. The minimum atomic E-state index is -1.52. The lowest BCUT2D eigenvalue weighted by molar-refractivity contribution is -0.0481. The van der Waals surface area contributed by atoms with E-state index in [9.17, 15) is 9.50 Å². The number of halogens is 2. The molecule has 1 N–H and O–H groups in total. The molecule has 0 spiro atoms. The van der Waals surface area contributed by atoms with Gasteiger partial charge in [0.15, 0.2) is 0 Å². The first kappa shape index (κ1) is 19.0. The first-order valence-corrected chi connectivity index (χ1v) is 8.95. The topological polar surface area (TPSA) is 69.4 Å². The van der Waals surface area contributed by atoms with E-state index in [1.807, 2.05) is 6.92 Å². The van der Waals surface area contributed by atoms with Crippen molar-refractivity contribution in [1.82, 2.24) is 14.8 Å². The van der Waals surface area contributed by atoms with Gasteiger partial charge in [-0.1, -0.05) is 24.6 Å². The number of aliphatic hydroxyl groups is 1. The standard InChI is InChI=1S/C17H19ClFN3O3S/c1-10(11-3-4-11)17(23,13-6-5-12(18)7-14(13)19)8-22-15(20-9-21-22)25-16(26)24-2/h5-7,9-11,23H,3-4,8H2,1-2H3/t10?,17-/m0/s1. The molecule has 3 rings (SSSR count). The van der Waals surface area contributed by atoms with E-state index in [1.54, 1.807) is 6.07 Å². The van der Waals surface area contributed by atoms with E-state index in [1.165, 1.54) is 30.3 Å². The van der Waals surface area contributed by atoms with Crippen LogP contribution in [0.25, 0.3) is 0 Å². The van der Waals surface area contributed by atoms with Crippen molar-refractivity contribution in [3.05, 3.63) is 40.9 Å². The molecule has 1 aliphatic carbocycles. The predicted molar refractivity (Wildman–Crippen MR) is 97.5 cm³/mol. The lowest BCUT2D eigenvalue weighted by Gasteiger charge is -2.35. The number of aromatic nitrogens is 3. The molecule has 2 atom stereocenters. The molecule has 9 heteroatoms. The van der Waals surface area contributed by atoms with E-state index in [4.69, 9.17) is 33.3 Å². The summed E-state index contributed by atoms with van der Waals surface area (Å²) in [6, 6.07) is 4.32. The molecule has 0 amide bonds. The smallest absolute Gasteiger partial charge is 0.360 e. The highest BCUT2D eigenvalue weighted by atomic mass is 35.5. The zero-order valence-electron chi connectivity index (χ0n) is 14.4. The van der Waals surface area contributed by atoms with Crippen molar-refractivity contribution in [3.63, 3.8) is 0 Å². The molecule has 140 valence electrons. The average molecular weight is 400 g/mol. The van der Waals surface area contributed by atoms with Crippen LogP contribution < -0.4 is 4.74 Å².